The Morgan fingerprint density at radius 1 is 1.24 bits per heavy atom. The Morgan fingerprint density at radius 2 is 1.96 bits per heavy atom. The molecule has 138 valence electrons. The first-order valence-electron chi connectivity index (χ1n) is 8.19. The molecule has 3 N–H and O–H groups in total. The summed E-state index contributed by atoms with van der Waals surface area (Å²) < 4.78 is 5.32. The van der Waals surface area contributed by atoms with Gasteiger partial charge in [0.25, 0.3) is 0 Å². The number of nitrogens with zero attached hydrogens (tertiary/aromatic N) is 1. The number of ether oxygens (including phenoxy) is 1. The number of pyridine rings is 1. The molecule has 1 amide bonds. The Labute approximate surface area is 160 Å². The van der Waals surface area contributed by atoms with Gasteiger partial charge in [0.1, 0.15) is 0 Å². The van der Waals surface area contributed by atoms with Gasteiger partial charge in [-0.1, -0.05) is 24.3 Å². The van der Waals surface area contributed by atoms with Crippen molar-refractivity contribution in [2.75, 3.05) is 19.8 Å². The lowest BCUT2D eigenvalue weighted by molar-refractivity contribution is -0.124. The first-order valence-corrected chi connectivity index (χ1v) is 8.19. The van der Waals surface area contributed by atoms with Crippen LogP contribution in [0.15, 0.2) is 36.5 Å². The topological polar surface area (TPSA) is 77.2 Å². The van der Waals surface area contributed by atoms with Gasteiger partial charge in [0, 0.05) is 31.3 Å². The molecule has 1 saturated heterocycles. The van der Waals surface area contributed by atoms with E-state index in [9.17, 15) is 4.79 Å². The fourth-order valence-electron chi connectivity index (χ4n) is 3.10. The lowest BCUT2D eigenvalue weighted by Gasteiger charge is -2.26. The number of carbonyl (C=O) groups is 1. The Balaban J connectivity index is 0.00000156. The summed E-state index contributed by atoms with van der Waals surface area (Å²) >= 11 is 0. The van der Waals surface area contributed by atoms with E-state index in [1.807, 2.05) is 24.3 Å². The second kappa shape index (κ2) is 10.6. The second-order valence-electron chi connectivity index (χ2n) is 6.01. The van der Waals surface area contributed by atoms with Gasteiger partial charge in [-0.05, 0) is 36.8 Å². The van der Waals surface area contributed by atoms with Gasteiger partial charge in [-0.15, -0.1) is 24.8 Å². The van der Waals surface area contributed by atoms with E-state index >= 15 is 0 Å². The summed E-state index contributed by atoms with van der Waals surface area (Å²) in [5.74, 6) is 0.160. The molecule has 1 aliphatic heterocycles. The van der Waals surface area contributed by atoms with E-state index in [2.05, 4.69) is 16.4 Å². The van der Waals surface area contributed by atoms with Crippen LogP contribution in [0.4, 0.5) is 0 Å². The van der Waals surface area contributed by atoms with Crippen LogP contribution in [0.25, 0.3) is 10.9 Å². The van der Waals surface area contributed by atoms with E-state index in [0.29, 0.717) is 19.8 Å². The van der Waals surface area contributed by atoms with E-state index in [1.54, 1.807) is 6.20 Å². The van der Waals surface area contributed by atoms with Crippen LogP contribution in [-0.4, -0.2) is 36.7 Å². The van der Waals surface area contributed by atoms with Crippen molar-refractivity contribution in [3.63, 3.8) is 0 Å². The van der Waals surface area contributed by atoms with Crippen LogP contribution in [-0.2, 0) is 16.0 Å². The van der Waals surface area contributed by atoms with Gasteiger partial charge in [-0.25, -0.2) is 0 Å². The van der Waals surface area contributed by atoms with Crippen LogP contribution in [0, 0.1) is 5.92 Å². The quantitative estimate of drug-likeness (QED) is 0.828. The minimum atomic E-state index is -0.440. The minimum absolute atomic E-state index is 0. The van der Waals surface area contributed by atoms with Crippen molar-refractivity contribution in [3.8, 4) is 0 Å². The van der Waals surface area contributed by atoms with Crippen molar-refractivity contribution in [2.45, 2.75) is 25.3 Å². The molecule has 0 spiro atoms. The van der Waals surface area contributed by atoms with Gasteiger partial charge in [-0.3, -0.25) is 9.78 Å². The Bertz CT molecular complexity index is 673. The maximum atomic E-state index is 12.2. The molecular weight excluding hydrogens is 361 g/mol. The van der Waals surface area contributed by atoms with Crippen molar-refractivity contribution < 1.29 is 9.53 Å². The summed E-state index contributed by atoms with van der Waals surface area (Å²) in [6.45, 7) is 1.98. The zero-order chi connectivity index (χ0) is 16.1. The number of nitrogens with one attached hydrogen (secondary N) is 1. The van der Waals surface area contributed by atoms with Crippen molar-refractivity contribution in [2.24, 2.45) is 11.7 Å². The number of amides is 1. The minimum Gasteiger partial charge on any atom is -0.381 e. The van der Waals surface area contributed by atoms with E-state index in [1.165, 1.54) is 0 Å². The van der Waals surface area contributed by atoms with Crippen molar-refractivity contribution in [1.82, 2.24) is 10.3 Å². The van der Waals surface area contributed by atoms with E-state index in [-0.39, 0.29) is 36.6 Å². The summed E-state index contributed by atoms with van der Waals surface area (Å²) in [4.78, 5) is 16.6. The molecule has 25 heavy (non-hydrogen) atoms. The van der Waals surface area contributed by atoms with Gasteiger partial charge in [0.15, 0.2) is 0 Å². The molecule has 5 nitrogen and oxygen atoms in total. The van der Waals surface area contributed by atoms with Gasteiger partial charge >= 0.3 is 0 Å². The first kappa shape index (κ1) is 21.6. The van der Waals surface area contributed by atoms with Crippen molar-refractivity contribution in [1.29, 1.82) is 0 Å². The van der Waals surface area contributed by atoms with Crippen molar-refractivity contribution in [3.05, 3.63) is 42.1 Å². The SMILES string of the molecule is Cl.Cl.NC(C(=O)NCCc1cccc2cccnc12)C1CCOCC1. The van der Waals surface area contributed by atoms with Gasteiger partial charge < -0.3 is 15.8 Å². The smallest absolute Gasteiger partial charge is 0.237 e. The van der Waals surface area contributed by atoms with Crippen LogP contribution in [0.3, 0.4) is 0 Å². The van der Waals surface area contributed by atoms with Gasteiger partial charge in [-0.2, -0.15) is 0 Å². The molecule has 1 fully saturated rings. The molecule has 3 rings (SSSR count). The lowest BCUT2D eigenvalue weighted by atomic mass is 9.92. The van der Waals surface area contributed by atoms with Crippen LogP contribution in [0.1, 0.15) is 18.4 Å². The number of aromatic nitrogens is 1. The molecule has 1 atom stereocenters. The zero-order valence-corrected chi connectivity index (χ0v) is 15.7. The number of para-hydroxylation sites is 1. The van der Waals surface area contributed by atoms with E-state index < -0.39 is 6.04 Å². The molecule has 1 aliphatic rings. The first-order chi connectivity index (χ1) is 11.3. The van der Waals surface area contributed by atoms with Crippen molar-refractivity contribution >= 4 is 41.6 Å². The van der Waals surface area contributed by atoms with E-state index in [0.717, 1.165) is 35.7 Å². The zero-order valence-electron chi connectivity index (χ0n) is 14.0. The number of nitrogens with two attached hydrogens (primary N) is 1. The third kappa shape index (κ3) is 5.54. The third-order valence-corrected chi connectivity index (χ3v) is 4.49. The summed E-state index contributed by atoms with van der Waals surface area (Å²) in [6, 6.07) is 9.66. The average molecular weight is 386 g/mol. The number of halogens is 2. The van der Waals surface area contributed by atoms with Crippen LogP contribution < -0.4 is 11.1 Å². The average Bonchev–Trinajstić information content (AvgIpc) is 2.62. The molecule has 2 aromatic rings. The van der Waals surface area contributed by atoms with Gasteiger partial charge in [0.2, 0.25) is 5.91 Å². The highest BCUT2D eigenvalue weighted by molar-refractivity contribution is 5.85. The Hall–Kier alpha value is -1.40. The summed E-state index contributed by atoms with van der Waals surface area (Å²) in [7, 11) is 0. The standard InChI is InChI=1S/C18H23N3O2.2ClH/c19-16(13-7-11-23-12-8-13)18(22)21-10-6-15-4-1-3-14-5-2-9-20-17(14)15;;/h1-5,9,13,16H,6-8,10-12,19H2,(H,21,22);2*1H. The molecule has 0 aliphatic carbocycles. The normalized spacial score (nSPS) is 15.7. The molecule has 2 heterocycles. The molecule has 0 bridgehead atoms. The van der Waals surface area contributed by atoms with E-state index in [4.69, 9.17) is 10.5 Å². The molecular formula is C18H25Cl2N3O2. The van der Waals surface area contributed by atoms with Crippen LogP contribution in [0.5, 0.6) is 0 Å². The molecule has 0 radical (unpaired) electrons. The number of hydrogen-bond donors (Lipinski definition) is 2. The molecule has 7 heteroatoms. The lowest BCUT2D eigenvalue weighted by Crippen LogP contribution is -2.47. The fraction of sp³-hybridized carbons (Fsp3) is 0.444. The summed E-state index contributed by atoms with van der Waals surface area (Å²) in [5.41, 5.74) is 8.22. The number of rotatable bonds is 5. The Morgan fingerprint density at radius 3 is 2.72 bits per heavy atom. The highest BCUT2D eigenvalue weighted by Gasteiger charge is 2.26. The highest BCUT2D eigenvalue weighted by Crippen LogP contribution is 2.18. The van der Waals surface area contributed by atoms with Crippen LogP contribution >= 0.6 is 24.8 Å². The third-order valence-electron chi connectivity index (χ3n) is 4.49. The molecule has 1 aromatic carbocycles. The number of fused-ring (bicyclic) bond motifs is 1. The number of hydrogen-bond acceptors (Lipinski definition) is 4. The highest BCUT2D eigenvalue weighted by atomic mass is 35.5. The Kier molecular flexibility index (Phi) is 9.14. The van der Waals surface area contributed by atoms with Crippen LogP contribution in [0.2, 0.25) is 0 Å². The molecule has 0 saturated carbocycles. The monoisotopic (exact) mass is 385 g/mol. The fourth-order valence-corrected chi connectivity index (χ4v) is 3.10. The molecule has 1 unspecified atom stereocenters. The maximum absolute atomic E-state index is 12.2. The number of benzene rings is 1. The largest absolute Gasteiger partial charge is 0.381 e. The summed E-state index contributed by atoms with van der Waals surface area (Å²) in [6.07, 6.45) is 4.27. The second-order valence-corrected chi connectivity index (χ2v) is 6.01. The van der Waals surface area contributed by atoms with Gasteiger partial charge in [0.05, 0.1) is 11.6 Å². The predicted molar refractivity (Wildman–Crippen MR) is 104 cm³/mol. The number of carbonyl (C=O) groups excluding carboxylic acids is 1. The summed E-state index contributed by atoms with van der Waals surface area (Å²) in [5, 5.41) is 4.08. The maximum Gasteiger partial charge on any atom is 0.237 e. The molecule has 1 aromatic heterocycles. The predicted octanol–water partition coefficient (Wildman–Crippen LogP) is 2.49.